The lowest BCUT2D eigenvalue weighted by molar-refractivity contribution is -0.161. The Morgan fingerprint density at radius 1 is 1.17 bits per heavy atom. The first kappa shape index (κ1) is 13.3. The van der Waals surface area contributed by atoms with Gasteiger partial charge in [0.15, 0.2) is 0 Å². The molecule has 5 nitrogen and oxygen atoms in total. The molecule has 1 aliphatic carbocycles. The normalized spacial score (nSPS) is 29.2. The van der Waals surface area contributed by atoms with E-state index < -0.39 is 0 Å². The summed E-state index contributed by atoms with van der Waals surface area (Å²) >= 11 is 0. The van der Waals surface area contributed by atoms with Crippen LogP contribution in [0.2, 0.25) is 0 Å². The van der Waals surface area contributed by atoms with Crippen LogP contribution in [0.4, 0.5) is 0 Å². The minimum Gasteiger partial charge on any atom is -0.331 e. The average molecular weight is 308 g/mol. The third-order valence-corrected chi connectivity index (χ3v) is 6.04. The van der Waals surface area contributed by atoms with Crippen molar-refractivity contribution in [1.82, 2.24) is 20.0 Å². The van der Waals surface area contributed by atoms with Gasteiger partial charge in [0.05, 0.1) is 11.7 Å². The van der Waals surface area contributed by atoms with Crippen LogP contribution in [-0.4, -0.2) is 57.1 Å². The zero-order valence-electron chi connectivity index (χ0n) is 13.0. The predicted octanol–water partition coefficient (Wildman–Crippen LogP) is 2.14. The highest BCUT2D eigenvalue weighted by atomic mass is 16.2. The van der Waals surface area contributed by atoms with Gasteiger partial charge < -0.3 is 4.90 Å². The lowest BCUT2D eigenvalue weighted by Gasteiger charge is -2.68. The Bertz CT molecular complexity index is 751. The number of carbonyl (C=O) groups excluding carboxylic acids is 1. The van der Waals surface area contributed by atoms with Crippen molar-refractivity contribution < 1.29 is 4.79 Å². The van der Waals surface area contributed by atoms with Crippen LogP contribution in [0.3, 0.4) is 0 Å². The molecule has 3 fully saturated rings. The number of rotatable bonds is 2. The summed E-state index contributed by atoms with van der Waals surface area (Å²) in [5.41, 5.74) is 2.79. The van der Waals surface area contributed by atoms with Gasteiger partial charge in [0.25, 0.3) is 5.91 Å². The van der Waals surface area contributed by atoms with E-state index in [0.717, 1.165) is 30.8 Å². The molecule has 1 aromatic heterocycles. The highest BCUT2D eigenvalue weighted by molar-refractivity contribution is 5.94. The number of amides is 1. The molecule has 1 amide bonds. The van der Waals surface area contributed by atoms with Crippen LogP contribution in [-0.2, 0) is 0 Å². The monoisotopic (exact) mass is 308 g/mol. The van der Waals surface area contributed by atoms with E-state index in [9.17, 15) is 4.79 Å². The maximum atomic E-state index is 12.9. The van der Waals surface area contributed by atoms with E-state index in [1.54, 1.807) is 0 Å². The number of nitrogens with zero attached hydrogens (tertiary/aromatic N) is 3. The first-order valence-corrected chi connectivity index (χ1v) is 8.45. The van der Waals surface area contributed by atoms with Gasteiger partial charge in [-0.15, -0.1) is 0 Å². The van der Waals surface area contributed by atoms with E-state index in [0.29, 0.717) is 17.3 Å². The highest BCUT2D eigenvalue weighted by Gasteiger charge is 2.61. The second-order valence-electron chi connectivity index (χ2n) is 6.93. The first-order valence-electron chi connectivity index (χ1n) is 8.45. The number of benzene rings is 1. The summed E-state index contributed by atoms with van der Waals surface area (Å²) in [6.07, 6.45) is 3.64. The molecule has 3 aliphatic rings. The molecular formula is C18H20N4O. The number of nitrogens with one attached hydrogen (secondary N) is 1. The number of aromatic amines is 1. The minimum atomic E-state index is 0.107. The summed E-state index contributed by atoms with van der Waals surface area (Å²) in [7, 11) is 0. The molecule has 23 heavy (non-hydrogen) atoms. The van der Waals surface area contributed by atoms with Crippen LogP contribution < -0.4 is 0 Å². The maximum absolute atomic E-state index is 12.9. The summed E-state index contributed by atoms with van der Waals surface area (Å²) < 4.78 is 0. The van der Waals surface area contributed by atoms with Gasteiger partial charge in [-0.2, -0.15) is 5.10 Å². The molecule has 1 N–H and O–H groups in total. The van der Waals surface area contributed by atoms with Crippen molar-refractivity contribution in [3.8, 4) is 11.3 Å². The van der Waals surface area contributed by atoms with Gasteiger partial charge in [-0.25, -0.2) is 0 Å². The van der Waals surface area contributed by atoms with Gasteiger partial charge in [-0.1, -0.05) is 30.3 Å². The summed E-state index contributed by atoms with van der Waals surface area (Å²) in [6, 6.07) is 12.3. The fraction of sp³-hybridized carbons (Fsp3) is 0.444. The van der Waals surface area contributed by atoms with Crippen molar-refractivity contribution >= 4 is 5.91 Å². The van der Waals surface area contributed by atoms with Crippen molar-refractivity contribution in [2.24, 2.45) is 0 Å². The van der Waals surface area contributed by atoms with Gasteiger partial charge in [-0.05, 0) is 25.3 Å². The Morgan fingerprint density at radius 3 is 2.74 bits per heavy atom. The molecule has 0 radical (unpaired) electrons. The standard InChI is InChI=1S/C18H20N4O/c23-17(15-12-14(19-20-15)13-4-2-1-3-5-13)22-11-10-21-9-8-18(21)7-6-16(18)22/h1-5,12,16H,6-11H2,(H,19,20). The van der Waals surface area contributed by atoms with Gasteiger partial charge in [-0.3, -0.25) is 14.8 Å². The predicted molar refractivity (Wildman–Crippen MR) is 87.0 cm³/mol. The average Bonchev–Trinajstić information content (AvgIpc) is 3.01. The Hall–Kier alpha value is -2.14. The SMILES string of the molecule is O=C(c1cc(-c2ccccc2)n[nH]1)N1CCN2CCC23CCC13. The summed E-state index contributed by atoms with van der Waals surface area (Å²) in [4.78, 5) is 17.6. The van der Waals surface area contributed by atoms with Crippen LogP contribution in [0, 0.1) is 0 Å². The first-order chi connectivity index (χ1) is 11.3. The van der Waals surface area contributed by atoms with E-state index >= 15 is 0 Å². The van der Waals surface area contributed by atoms with E-state index in [-0.39, 0.29) is 5.91 Å². The quantitative estimate of drug-likeness (QED) is 0.925. The molecule has 2 atom stereocenters. The zero-order chi connectivity index (χ0) is 15.4. The smallest absolute Gasteiger partial charge is 0.272 e. The fourth-order valence-electron chi connectivity index (χ4n) is 4.57. The van der Waals surface area contributed by atoms with Crippen molar-refractivity contribution in [2.45, 2.75) is 30.8 Å². The van der Waals surface area contributed by atoms with Gasteiger partial charge >= 0.3 is 0 Å². The number of carbonyl (C=O) groups is 1. The topological polar surface area (TPSA) is 52.2 Å². The van der Waals surface area contributed by atoms with Crippen molar-refractivity contribution in [2.75, 3.05) is 19.6 Å². The number of H-pyrrole nitrogens is 1. The lowest BCUT2D eigenvalue weighted by atomic mass is 9.61. The maximum Gasteiger partial charge on any atom is 0.272 e. The molecule has 3 heterocycles. The van der Waals surface area contributed by atoms with Crippen molar-refractivity contribution in [1.29, 1.82) is 0 Å². The molecule has 2 aromatic rings. The minimum absolute atomic E-state index is 0.107. The van der Waals surface area contributed by atoms with Crippen LogP contribution in [0.5, 0.6) is 0 Å². The molecule has 118 valence electrons. The van der Waals surface area contributed by atoms with Crippen LogP contribution in [0.1, 0.15) is 29.8 Å². The Labute approximate surface area is 135 Å². The molecule has 2 saturated heterocycles. The van der Waals surface area contributed by atoms with Gasteiger partial charge in [0.2, 0.25) is 0 Å². The molecule has 2 unspecified atom stereocenters. The molecule has 1 aromatic carbocycles. The molecule has 1 spiro atoms. The van der Waals surface area contributed by atoms with Gasteiger partial charge in [0, 0.05) is 30.7 Å². The Morgan fingerprint density at radius 2 is 2.04 bits per heavy atom. The number of aromatic nitrogens is 2. The lowest BCUT2D eigenvalue weighted by Crippen LogP contribution is -2.79. The second-order valence-corrected chi connectivity index (χ2v) is 6.93. The van der Waals surface area contributed by atoms with E-state index in [4.69, 9.17) is 0 Å². The number of hydrogen-bond donors (Lipinski definition) is 1. The number of piperazine rings is 1. The van der Waals surface area contributed by atoms with E-state index in [2.05, 4.69) is 20.0 Å². The third-order valence-electron chi connectivity index (χ3n) is 6.04. The molecule has 0 bridgehead atoms. The third kappa shape index (κ3) is 1.77. The summed E-state index contributed by atoms with van der Waals surface area (Å²) in [5.74, 6) is 0.107. The van der Waals surface area contributed by atoms with Gasteiger partial charge in [0.1, 0.15) is 5.69 Å². The molecular weight excluding hydrogens is 288 g/mol. The second kappa shape index (κ2) is 4.68. The van der Waals surface area contributed by atoms with Crippen molar-refractivity contribution in [3.63, 3.8) is 0 Å². The summed E-state index contributed by atoms with van der Waals surface area (Å²) in [5, 5.41) is 7.28. The van der Waals surface area contributed by atoms with Crippen LogP contribution in [0.15, 0.2) is 36.4 Å². The molecule has 1 saturated carbocycles. The van der Waals surface area contributed by atoms with Crippen LogP contribution >= 0.6 is 0 Å². The van der Waals surface area contributed by atoms with E-state index in [1.165, 1.54) is 19.4 Å². The van der Waals surface area contributed by atoms with E-state index in [1.807, 2.05) is 36.4 Å². The molecule has 5 rings (SSSR count). The Balaban J connectivity index is 1.40. The molecule has 2 aliphatic heterocycles. The van der Waals surface area contributed by atoms with Crippen molar-refractivity contribution in [3.05, 3.63) is 42.1 Å². The largest absolute Gasteiger partial charge is 0.331 e. The molecule has 5 heteroatoms. The number of hydrogen-bond acceptors (Lipinski definition) is 3. The fourth-order valence-corrected chi connectivity index (χ4v) is 4.57. The van der Waals surface area contributed by atoms with Crippen LogP contribution in [0.25, 0.3) is 11.3 Å². The Kier molecular flexibility index (Phi) is 2.71. The highest BCUT2D eigenvalue weighted by Crippen LogP contribution is 2.51. The zero-order valence-corrected chi connectivity index (χ0v) is 13.0. The summed E-state index contributed by atoms with van der Waals surface area (Å²) in [6.45, 7) is 3.06.